The molecule has 0 bridgehead atoms. The van der Waals surface area contributed by atoms with E-state index in [9.17, 15) is 0 Å². The van der Waals surface area contributed by atoms with Gasteiger partial charge in [-0.3, -0.25) is 0 Å². The maximum absolute atomic E-state index is 5.66. The third kappa shape index (κ3) is 7.02. The van der Waals surface area contributed by atoms with E-state index in [1.165, 1.54) is 38.8 Å². The van der Waals surface area contributed by atoms with Gasteiger partial charge in [-0.15, -0.1) is 0 Å². The van der Waals surface area contributed by atoms with Crippen LogP contribution < -0.4 is 5.32 Å². The van der Waals surface area contributed by atoms with E-state index in [1.54, 1.807) is 0 Å². The van der Waals surface area contributed by atoms with Crippen LogP contribution in [0.5, 0.6) is 0 Å². The summed E-state index contributed by atoms with van der Waals surface area (Å²) in [5, 5.41) is 3.47. The molecule has 0 aliphatic carbocycles. The molecule has 0 radical (unpaired) electrons. The van der Waals surface area contributed by atoms with Gasteiger partial charge in [0.2, 0.25) is 0 Å². The number of hydrogen-bond acceptors (Lipinski definition) is 3. The van der Waals surface area contributed by atoms with Crippen LogP contribution in [0, 0.1) is 0 Å². The molecule has 17 heavy (non-hydrogen) atoms. The first-order valence-electron chi connectivity index (χ1n) is 7.29. The molecular formula is C14H30N2O. The predicted molar refractivity (Wildman–Crippen MR) is 73.5 cm³/mol. The minimum atomic E-state index is 0.415. The van der Waals surface area contributed by atoms with Gasteiger partial charge in [0.05, 0.1) is 6.10 Å². The average molecular weight is 242 g/mol. The number of unbranched alkanes of at least 4 members (excludes halogenated alkanes) is 1. The molecule has 3 nitrogen and oxygen atoms in total. The SMILES string of the molecule is CCNC(C)CCCCN1CCCOC(C)C1. The van der Waals surface area contributed by atoms with Gasteiger partial charge in [-0.25, -0.2) is 0 Å². The molecule has 1 N–H and O–H groups in total. The first-order chi connectivity index (χ1) is 8.22. The molecule has 1 aliphatic rings. The lowest BCUT2D eigenvalue weighted by Crippen LogP contribution is -2.31. The van der Waals surface area contributed by atoms with E-state index in [0.717, 1.165) is 19.7 Å². The van der Waals surface area contributed by atoms with E-state index < -0.39 is 0 Å². The molecule has 1 heterocycles. The van der Waals surface area contributed by atoms with Crippen molar-refractivity contribution < 1.29 is 4.74 Å². The second-order valence-electron chi connectivity index (χ2n) is 5.29. The van der Waals surface area contributed by atoms with Crippen LogP contribution in [-0.2, 0) is 4.74 Å². The van der Waals surface area contributed by atoms with Crippen LogP contribution in [0.1, 0.15) is 46.5 Å². The third-order valence-electron chi connectivity index (χ3n) is 3.45. The van der Waals surface area contributed by atoms with Gasteiger partial charge in [0.1, 0.15) is 0 Å². The summed E-state index contributed by atoms with van der Waals surface area (Å²) in [6.07, 6.45) is 5.56. The molecule has 0 aromatic carbocycles. The largest absolute Gasteiger partial charge is 0.377 e. The smallest absolute Gasteiger partial charge is 0.0673 e. The minimum Gasteiger partial charge on any atom is -0.377 e. The Morgan fingerprint density at radius 1 is 1.41 bits per heavy atom. The van der Waals surface area contributed by atoms with E-state index in [4.69, 9.17) is 4.74 Å². The number of nitrogens with zero attached hydrogens (tertiary/aromatic N) is 1. The van der Waals surface area contributed by atoms with Crippen molar-refractivity contribution in [3.63, 3.8) is 0 Å². The molecule has 1 aliphatic heterocycles. The number of rotatable bonds is 7. The summed E-state index contributed by atoms with van der Waals surface area (Å²) in [7, 11) is 0. The van der Waals surface area contributed by atoms with E-state index in [2.05, 4.69) is 31.0 Å². The van der Waals surface area contributed by atoms with Crippen molar-refractivity contribution in [2.75, 3.05) is 32.8 Å². The topological polar surface area (TPSA) is 24.5 Å². The van der Waals surface area contributed by atoms with Gasteiger partial charge in [-0.2, -0.15) is 0 Å². The second-order valence-corrected chi connectivity index (χ2v) is 5.29. The van der Waals surface area contributed by atoms with E-state index in [0.29, 0.717) is 12.1 Å². The summed E-state index contributed by atoms with van der Waals surface area (Å²) in [4.78, 5) is 2.57. The summed E-state index contributed by atoms with van der Waals surface area (Å²) >= 11 is 0. The van der Waals surface area contributed by atoms with Crippen molar-refractivity contribution in [1.29, 1.82) is 0 Å². The van der Waals surface area contributed by atoms with Crippen LogP contribution in [0.3, 0.4) is 0 Å². The molecule has 1 fully saturated rings. The van der Waals surface area contributed by atoms with E-state index >= 15 is 0 Å². The maximum Gasteiger partial charge on any atom is 0.0673 e. The van der Waals surface area contributed by atoms with Crippen molar-refractivity contribution in [1.82, 2.24) is 10.2 Å². The second kappa shape index (κ2) is 8.90. The first kappa shape index (κ1) is 14.9. The fourth-order valence-corrected chi connectivity index (χ4v) is 2.52. The molecule has 0 aromatic rings. The normalized spacial score (nSPS) is 24.5. The van der Waals surface area contributed by atoms with Gasteiger partial charge in [-0.05, 0) is 46.2 Å². The zero-order valence-electron chi connectivity index (χ0n) is 11.9. The van der Waals surface area contributed by atoms with Gasteiger partial charge in [0, 0.05) is 25.7 Å². The molecule has 3 heteroatoms. The Kier molecular flexibility index (Phi) is 7.82. The quantitative estimate of drug-likeness (QED) is 0.693. The van der Waals surface area contributed by atoms with Gasteiger partial charge >= 0.3 is 0 Å². The molecule has 0 aromatic heterocycles. The van der Waals surface area contributed by atoms with E-state index in [-0.39, 0.29) is 0 Å². The van der Waals surface area contributed by atoms with Crippen molar-refractivity contribution >= 4 is 0 Å². The van der Waals surface area contributed by atoms with Crippen molar-refractivity contribution in [3.8, 4) is 0 Å². The van der Waals surface area contributed by atoms with Gasteiger partial charge in [0.15, 0.2) is 0 Å². The van der Waals surface area contributed by atoms with Crippen LogP contribution in [0.15, 0.2) is 0 Å². The van der Waals surface area contributed by atoms with Crippen molar-refractivity contribution in [3.05, 3.63) is 0 Å². The Balaban J connectivity index is 2.04. The predicted octanol–water partition coefficient (Wildman–Crippen LogP) is 2.27. The summed E-state index contributed by atoms with van der Waals surface area (Å²) in [6, 6.07) is 0.673. The highest BCUT2D eigenvalue weighted by Gasteiger charge is 2.14. The highest BCUT2D eigenvalue weighted by molar-refractivity contribution is 4.67. The maximum atomic E-state index is 5.66. The Hall–Kier alpha value is -0.120. The van der Waals surface area contributed by atoms with Gasteiger partial charge in [-0.1, -0.05) is 13.3 Å². The molecule has 102 valence electrons. The van der Waals surface area contributed by atoms with E-state index in [1.807, 2.05) is 0 Å². The first-order valence-corrected chi connectivity index (χ1v) is 7.29. The van der Waals surface area contributed by atoms with Crippen LogP contribution >= 0.6 is 0 Å². The monoisotopic (exact) mass is 242 g/mol. The lowest BCUT2D eigenvalue weighted by atomic mass is 10.1. The fraction of sp³-hybridized carbons (Fsp3) is 1.00. The standard InChI is InChI=1S/C14H30N2O/c1-4-15-13(2)8-5-6-9-16-10-7-11-17-14(3)12-16/h13-15H,4-12H2,1-3H3. The van der Waals surface area contributed by atoms with Gasteiger partial charge < -0.3 is 15.0 Å². The van der Waals surface area contributed by atoms with Crippen LogP contribution in [0.4, 0.5) is 0 Å². The summed E-state index contributed by atoms with van der Waals surface area (Å²) in [5.41, 5.74) is 0. The molecule has 0 spiro atoms. The molecule has 0 amide bonds. The van der Waals surface area contributed by atoms with Crippen molar-refractivity contribution in [2.45, 2.75) is 58.6 Å². The Labute approximate surface area is 107 Å². The highest BCUT2D eigenvalue weighted by Crippen LogP contribution is 2.08. The summed E-state index contributed by atoms with van der Waals surface area (Å²) in [6.45, 7) is 12.2. The Bertz CT molecular complexity index is 187. The molecule has 2 atom stereocenters. The molecular weight excluding hydrogens is 212 g/mol. The Morgan fingerprint density at radius 2 is 2.24 bits per heavy atom. The van der Waals surface area contributed by atoms with Crippen molar-refractivity contribution in [2.24, 2.45) is 0 Å². The van der Waals surface area contributed by atoms with Gasteiger partial charge in [0.25, 0.3) is 0 Å². The zero-order valence-corrected chi connectivity index (χ0v) is 11.9. The van der Waals surface area contributed by atoms with Crippen LogP contribution in [-0.4, -0.2) is 49.8 Å². The number of hydrogen-bond donors (Lipinski definition) is 1. The van der Waals surface area contributed by atoms with Crippen LogP contribution in [0.25, 0.3) is 0 Å². The zero-order chi connectivity index (χ0) is 12.5. The minimum absolute atomic E-state index is 0.415. The summed E-state index contributed by atoms with van der Waals surface area (Å²) < 4.78 is 5.66. The van der Waals surface area contributed by atoms with Crippen LogP contribution in [0.2, 0.25) is 0 Å². The number of nitrogens with one attached hydrogen (secondary N) is 1. The fourth-order valence-electron chi connectivity index (χ4n) is 2.52. The lowest BCUT2D eigenvalue weighted by molar-refractivity contribution is 0.0675. The molecule has 1 rings (SSSR count). The highest BCUT2D eigenvalue weighted by atomic mass is 16.5. The third-order valence-corrected chi connectivity index (χ3v) is 3.45. The number of ether oxygens (including phenoxy) is 1. The Morgan fingerprint density at radius 3 is 3.00 bits per heavy atom. The average Bonchev–Trinajstić information content (AvgIpc) is 2.49. The summed E-state index contributed by atoms with van der Waals surface area (Å²) in [5.74, 6) is 0. The molecule has 1 saturated heterocycles. The molecule has 2 unspecified atom stereocenters. The molecule has 0 saturated carbocycles. The lowest BCUT2D eigenvalue weighted by Gasteiger charge is -2.22.